The summed E-state index contributed by atoms with van der Waals surface area (Å²) in [6.45, 7) is 2.11. The average molecular weight is 433 g/mol. The molecule has 2 saturated heterocycles. The van der Waals surface area contributed by atoms with E-state index in [0.29, 0.717) is 25.2 Å². The number of carbonyl (C=O) groups excluding carboxylic acids is 1. The molecule has 1 aromatic carbocycles. The number of carbonyl (C=O) groups is 2. The number of piperidine rings is 2. The van der Waals surface area contributed by atoms with Crippen molar-refractivity contribution < 1.29 is 19.1 Å². The Labute approximate surface area is 186 Å². The molecule has 2 aromatic heterocycles. The predicted octanol–water partition coefficient (Wildman–Crippen LogP) is 5.17. The Kier molecular flexibility index (Phi) is 4.29. The van der Waals surface area contributed by atoms with Crippen LogP contribution in [0.15, 0.2) is 47.2 Å². The lowest BCUT2D eigenvalue weighted by Crippen LogP contribution is -2.65. The van der Waals surface area contributed by atoms with Crippen LogP contribution in [0.25, 0.3) is 22.2 Å². The van der Waals surface area contributed by atoms with Crippen LogP contribution in [-0.2, 0) is 9.59 Å². The second-order valence-corrected chi connectivity index (χ2v) is 10.2. The molecule has 6 heteroatoms. The molecule has 2 aliphatic carbocycles. The van der Waals surface area contributed by atoms with Crippen LogP contribution in [0.2, 0.25) is 0 Å². The maximum absolute atomic E-state index is 13.5. The van der Waals surface area contributed by atoms with Gasteiger partial charge in [-0.1, -0.05) is 19.1 Å². The minimum Gasteiger partial charge on any atom is -0.481 e. The van der Waals surface area contributed by atoms with Gasteiger partial charge in [0, 0.05) is 41.2 Å². The Bertz CT molecular complexity index is 1180. The van der Waals surface area contributed by atoms with E-state index in [2.05, 4.69) is 22.9 Å². The molecule has 4 heterocycles. The van der Waals surface area contributed by atoms with E-state index in [0.717, 1.165) is 47.1 Å². The molecule has 1 amide bonds. The summed E-state index contributed by atoms with van der Waals surface area (Å²) in [6.07, 6.45) is 8.06. The third-order valence-corrected chi connectivity index (χ3v) is 8.21. The van der Waals surface area contributed by atoms with Gasteiger partial charge in [0.05, 0.1) is 11.7 Å². The lowest BCUT2D eigenvalue weighted by atomic mass is 9.55. The number of hydrogen-bond acceptors (Lipinski definition) is 3. The molecule has 0 radical (unpaired) electrons. The number of aromatic amines is 1. The molecule has 4 aliphatic rings. The van der Waals surface area contributed by atoms with Gasteiger partial charge in [0.2, 0.25) is 5.91 Å². The van der Waals surface area contributed by atoms with Gasteiger partial charge >= 0.3 is 5.97 Å². The first-order chi connectivity index (χ1) is 15.4. The van der Waals surface area contributed by atoms with Crippen molar-refractivity contribution in [1.29, 1.82) is 0 Å². The van der Waals surface area contributed by atoms with E-state index >= 15 is 0 Å². The Morgan fingerprint density at radius 1 is 1.19 bits per heavy atom. The van der Waals surface area contributed by atoms with Gasteiger partial charge in [0.1, 0.15) is 5.76 Å². The van der Waals surface area contributed by atoms with Crippen molar-refractivity contribution in [2.24, 2.45) is 11.3 Å². The number of carboxylic acid groups (broad SMARTS) is 1. The molecule has 2 aliphatic heterocycles. The number of benzene rings is 1. The summed E-state index contributed by atoms with van der Waals surface area (Å²) < 4.78 is 5.66. The first kappa shape index (κ1) is 19.6. The van der Waals surface area contributed by atoms with Gasteiger partial charge < -0.3 is 19.4 Å². The summed E-state index contributed by atoms with van der Waals surface area (Å²) in [4.78, 5) is 30.9. The van der Waals surface area contributed by atoms with Gasteiger partial charge in [-0.25, -0.2) is 0 Å². The Morgan fingerprint density at radius 2 is 1.97 bits per heavy atom. The fourth-order valence-corrected chi connectivity index (χ4v) is 7.01. The number of aliphatic carboxylic acids is 1. The van der Waals surface area contributed by atoms with Crippen LogP contribution in [0.5, 0.6) is 0 Å². The van der Waals surface area contributed by atoms with Crippen molar-refractivity contribution in [3.63, 3.8) is 0 Å². The maximum Gasteiger partial charge on any atom is 0.309 e. The second-order valence-electron chi connectivity index (χ2n) is 10.2. The molecule has 2 saturated carbocycles. The highest BCUT2D eigenvalue weighted by atomic mass is 16.4. The Morgan fingerprint density at radius 3 is 2.66 bits per heavy atom. The van der Waals surface area contributed by atoms with Crippen LogP contribution >= 0.6 is 0 Å². The monoisotopic (exact) mass is 432 g/mol. The molecule has 2 N–H and O–H groups in total. The summed E-state index contributed by atoms with van der Waals surface area (Å²) in [5.74, 6) is 0.810. The van der Waals surface area contributed by atoms with Crippen LogP contribution in [0.4, 0.5) is 0 Å². The van der Waals surface area contributed by atoms with Gasteiger partial charge in [-0.3, -0.25) is 9.59 Å². The lowest BCUT2D eigenvalue weighted by molar-refractivity contribution is -0.178. The number of nitrogens with zero attached hydrogens (tertiary/aromatic N) is 1. The second kappa shape index (κ2) is 6.99. The number of fused-ring (bicyclic) bond motifs is 1. The summed E-state index contributed by atoms with van der Waals surface area (Å²) in [7, 11) is 0. The number of nitrogens with one attached hydrogen (secondary N) is 1. The molecule has 32 heavy (non-hydrogen) atoms. The number of amides is 1. The molecule has 6 nitrogen and oxygen atoms in total. The van der Waals surface area contributed by atoms with Gasteiger partial charge in [-0.2, -0.15) is 0 Å². The molecule has 3 aromatic rings. The van der Waals surface area contributed by atoms with Gasteiger partial charge in [-0.05, 0) is 67.7 Å². The highest BCUT2D eigenvalue weighted by Gasteiger charge is 2.58. The van der Waals surface area contributed by atoms with Gasteiger partial charge in [-0.15, -0.1) is 0 Å². The van der Waals surface area contributed by atoms with E-state index in [1.807, 2.05) is 30.5 Å². The van der Waals surface area contributed by atoms with Gasteiger partial charge in [0.25, 0.3) is 0 Å². The van der Waals surface area contributed by atoms with Crippen molar-refractivity contribution in [3.05, 3.63) is 48.4 Å². The third kappa shape index (κ3) is 2.85. The molecule has 3 atom stereocenters. The highest BCUT2D eigenvalue weighted by molar-refractivity contribution is 5.97. The molecule has 0 spiro atoms. The fraction of sp³-hybridized carbons (Fsp3) is 0.462. The summed E-state index contributed by atoms with van der Waals surface area (Å²) in [5.41, 5.74) is 2.58. The van der Waals surface area contributed by atoms with Crippen LogP contribution in [-0.4, -0.2) is 39.0 Å². The van der Waals surface area contributed by atoms with Crippen LogP contribution < -0.4 is 0 Å². The predicted molar refractivity (Wildman–Crippen MR) is 120 cm³/mol. The summed E-state index contributed by atoms with van der Waals surface area (Å²) in [6, 6.07) is 10.1. The third-order valence-electron chi connectivity index (χ3n) is 8.21. The minimum absolute atomic E-state index is 0.0398. The quantitative estimate of drug-likeness (QED) is 0.583. The van der Waals surface area contributed by atoms with Crippen LogP contribution in [0, 0.1) is 11.3 Å². The Hall–Kier alpha value is -3.02. The smallest absolute Gasteiger partial charge is 0.309 e. The summed E-state index contributed by atoms with van der Waals surface area (Å²) >= 11 is 0. The van der Waals surface area contributed by atoms with Crippen molar-refractivity contribution in [1.82, 2.24) is 9.88 Å². The SMILES string of the molecule is CC(CC(=O)N1C2CC3CC1CC(C(=O)O)(C3)C2)c1c[nH]c2cccc(-c3ccco3)c12. The highest BCUT2D eigenvalue weighted by Crippen LogP contribution is 2.56. The fourth-order valence-electron chi connectivity index (χ4n) is 7.01. The molecule has 166 valence electrons. The van der Waals surface area contributed by atoms with E-state index in [4.69, 9.17) is 4.42 Å². The molecule has 4 fully saturated rings. The zero-order valence-electron chi connectivity index (χ0n) is 18.2. The molecular weight excluding hydrogens is 404 g/mol. The normalized spacial score (nSPS) is 29.5. The number of hydrogen-bond donors (Lipinski definition) is 2. The zero-order valence-corrected chi connectivity index (χ0v) is 18.2. The lowest BCUT2D eigenvalue weighted by Gasteiger charge is -2.60. The molecule has 7 rings (SSSR count). The summed E-state index contributed by atoms with van der Waals surface area (Å²) in [5, 5.41) is 11.0. The standard InChI is InChI=1S/C26H28N2O4/c1-15(20-14-27-21-5-2-4-19(24(20)21)22-6-3-7-32-22)8-23(29)28-17-9-16-10-18(28)13-26(11-16,12-17)25(30)31/h2-7,14-18,27H,8-13H2,1H3,(H,30,31). The van der Waals surface area contributed by atoms with Crippen molar-refractivity contribution in [3.8, 4) is 11.3 Å². The van der Waals surface area contributed by atoms with E-state index in [9.17, 15) is 14.7 Å². The molecular formula is C26H28N2O4. The van der Waals surface area contributed by atoms with E-state index < -0.39 is 11.4 Å². The minimum atomic E-state index is -0.665. The van der Waals surface area contributed by atoms with Crippen LogP contribution in [0.1, 0.15) is 56.9 Å². The number of rotatable bonds is 5. The molecule has 3 unspecified atom stereocenters. The Balaban J connectivity index is 1.27. The van der Waals surface area contributed by atoms with E-state index in [1.54, 1.807) is 6.26 Å². The first-order valence-corrected chi connectivity index (χ1v) is 11.6. The van der Waals surface area contributed by atoms with E-state index in [-0.39, 0.29) is 23.9 Å². The van der Waals surface area contributed by atoms with E-state index in [1.165, 1.54) is 0 Å². The van der Waals surface area contributed by atoms with Crippen molar-refractivity contribution >= 4 is 22.8 Å². The number of carboxylic acids is 1. The zero-order chi connectivity index (χ0) is 22.0. The number of furan rings is 1. The largest absolute Gasteiger partial charge is 0.481 e. The maximum atomic E-state index is 13.5. The van der Waals surface area contributed by atoms with Crippen LogP contribution in [0.3, 0.4) is 0 Å². The van der Waals surface area contributed by atoms with Crippen molar-refractivity contribution in [2.45, 2.75) is 63.5 Å². The first-order valence-electron chi connectivity index (χ1n) is 11.6. The number of H-pyrrole nitrogens is 1. The van der Waals surface area contributed by atoms with Gasteiger partial charge in [0.15, 0.2) is 0 Å². The van der Waals surface area contributed by atoms with Crippen molar-refractivity contribution in [2.75, 3.05) is 0 Å². The topological polar surface area (TPSA) is 86.5 Å². The average Bonchev–Trinajstić information content (AvgIpc) is 3.43. The number of aromatic nitrogens is 1. The molecule has 4 bridgehead atoms.